The van der Waals surface area contributed by atoms with Crippen LogP contribution in [0.4, 0.5) is 5.69 Å². The van der Waals surface area contributed by atoms with E-state index >= 15 is 0 Å². The monoisotopic (exact) mass is 374 g/mol. The molecule has 1 amide bonds. The SMILES string of the molecule is N#Cc1ccc(NC(=O)c2cc3cccc4c3n2CCC4=NO)c(C(=O)O)c1. The van der Waals surface area contributed by atoms with E-state index in [-0.39, 0.29) is 16.8 Å². The van der Waals surface area contributed by atoms with Gasteiger partial charge in [0.1, 0.15) is 5.69 Å². The summed E-state index contributed by atoms with van der Waals surface area (Å²) < 4.78 is 1.83. The van der Waals surface area contributed by atoms with Crippen molar-refractivity contribution in [2.75, 3.05) is 5.32 Å². The Morgan fingerprint density at radius 2 is 2.04 bits per heavy atom. The van der Waals surface area contributed by atoms with Crippen molar-refractivity contribution in [1.82, 2.24) is 4.57 Å². The standard InChI is InChI=1S/C20H14N4O4/c21-10-11-4-5-15(14(8-11)20(26)27)22-19(25)17-9-12-2-1-3-13-16(23-28)6-7-24(17)18(12)13/h1-5,8-9,28H,6-7H2,(H,22,25)(H,26,27). The molecule has 0 atom stereocenters. The number of amides is 1. The van der Waals surface area contributed by atoms with Gasteiger partial charge in [0.05, 0.1) is 34.1 Å². The third-order valence-corrected chi connectivity index (χ3v) is 4.78. The van der Waals surface area contributed by atoms with Crippen molar-refractivity contribution in [3.63, 3.8) is 0 Å². The third-order valence-electron chi connectivity index (χ3n) is 4.78. The molecule has 8 nitrogen and oxygen atoms in total. The number of carboxylic acid groups (broad SMARTS) is 1. The van der Waals surface area contributed by atoms with Gasteiger partial charge in [-0.05, 0) is 24.3 Å². The van der Waals surface area contributed by atoms with Crippen LogP contribution < -0.4 is 5.32 Å². The lowest BCUT2D eigenvalue weighted by molar-refractivity contribution is 0.0698. The van der Waals surface area contributed by atoms with Gasteiger partial charge in [-0.2, -0.15) is 5.26 Å². The minimum atomic E-state index is -1.24. The van der Waals surface area contributed by atoms with Crippen LogP contribution in [0, 0.1) is 11.3 Å². The zero-order valence-corrected chi connectivity index (χ0v) is 14.5. The molecule has 1 aliphatic heterocycles. The Morgan fingerprint density at radius 3 is 2.75 bits per heavy atom. The highest BCUT2D eigenvalue weighted by atomic mass is 16.4. The van der Waals surface area contributed by atoms with Crippen LogP contribution in [0.1, 0.15) is 38.4 Å². The van der Waals surface area contributed by atoms with Crippen LogP contribution in [0.3, 0.4) is 0 Å². The number of hydrogen-bond acceptors (Lipinski definition) is 5. The minimum Gasteiger partial charge on any atom is -0.478 e. The topological polar surface area (TPSA) is 128 Å². The van der Waals surface area contributed by atoms with Gasteiger partial charge in [0.2, 0.25) is 0 Å². The molecule has 3 N–H and O–H groups in total. The number of nitrogens with zero attached hydrogens (tertiary/aromatic N) is 3. The number of aromatic carboxylic acids is 1. The number of nitriles is 1. The van der Waals surface area contributed by atoms with Crippen LogP contribution in [-0.4, -0.2) is 32.5 Å². The number of carbonyl (C=O) groups is 2. The van der Waals surface area contributed by atoms with Crippen molar-refractivity contribution in [3.8, 4) is 6.07 Å². The Labute approximate surface area is 158 Å². The van der Waals surface area contributed by atoms with E-state index in [9.17, 15) is 19.9 Å². The second-order valence-corrected chi connectivity index (χ2v) is 6.35. The molecule has 138 valence electrons. The van der Waals surface area contributed by atoms with Crippen molar-refractivity contribution in [1.29, 1.82) is 5.26 Å². The summed E-state index contributed by atoms with van der Waals surface area (Å²) in [4.78, 5) is 24.4. The van der Waals surface area contributed by atoms with Crippen molar-refractivity contribution in [3.05, 3.63) is 64.8 Å². The molecule has 28 heavy (non-hydrogen) atoms. The lowest BCUT2D eigenvalue weighted by atomic mass is 10.0. The first kappa shape index (κ1) is 17.3. The van der Waals surface area contributed by atoms with Gasteiger partial charge in [0.15, 0.2) is 0 Å². The third kappa shape index (κ3) is 2.66. The van der Waals surface area contributed by atoms with E-state index in [1.165, 1.54) is 18.2 Å². The van der Waals surface area contributed by atoms with Crippen LogP contribution in [-0.2, 0) is 6.54 Å². The molecule has 3 aromatic rings. The Morgan fingerprint density at radius 1 is 1.21 bits per heavy atom. The van der Waals surface area contributed by atoms with Crippen molar-refractivity contribution < 1.29 is 19.9 Å². The number of rotatable bonds is 3. The van der Waals surface area contributed by atoms with Gasteiger partial charge in [-0.25, -0.2) is 4.79 Å². The zero-order valence-electron chi connectivity index (χ0n) is 14.5. The second-order valence-electron chi connectivity index (χ2n) is 6.35. The van der Waals surface area contributed by atoms with E-state index in [1.54, 1.807) is 6.07 Å². The Balaban J connectivity index is 1.77. The zero-order chi connectivity index (χ0) is 19.8. The summed E-state index contributed by atoms with van der Waals surface area (Å²) in [7, 11) is 0. The van der Waals surface area contributed by atoms with Gasteiger partial charge in [-0.3, -0.25) is 4.79 Å². The number of oxime groups is 1. The van der Waals surface area contributed by atoms with E-state index in [4.69, 9.17) is 5.26 Å². The smallest absolute Gasteiger partial charge is 0.337 e. The summed E-state index contributed by atoms with van der Waals surface area (Å²) in [6.07, 6.45) is 0.467. The lowest BCUT2D eigenvalue weighted by Crippen LogP contribution is -2.22. The van der Waals surface area contributed by atoms with Gasteiger partial charge in [0.25, 0.3) is 5.91 Å². The number of nitrogens with one attached hydrogen (secondary N) is 1. The molecule has 8 heteroatoms. The van der Waals surface area contributed by atoms with Gasteiger partial charge >= 0.3 is 5.97 Å². The summed E-state index contributed by atoms with van der Waals surface area (Å²) in [5.41, 5.74) is 2.64. The van der Waals surface area contributed by atoms with Gasteiger partial charge in [-0.15, -0.1) is 0 Å². The molecule has 0 unspecified atom stereocenters. The molecule has 2 aromatic carbocycles. The largest absolute Gasteiger partial charge is 0.478 e. The minimum absolute atomic E-state index is 0.114. The summed E-state index contributed by atoms with van der Waals surface area (Å²) in [5, 5.41) is 34.4. The van der Waals surface area contributed by atoms with E-state index in [0.29, 0.717) is 24.4 Å². The Kier molecular flexibility index (Phi) is 4.05. The lowest BCUT2D eigenvalue weighted by Gasteiger charge is -2.19. The fraction of sp³-hybridized carbons (Fsp3) is 0.100. The number of aromatic nitrogens is 1. The van der Waals surface area contributed by atoms with Gasteiger partial charge in [-0.1, -0.05) is 23.4 Å². The molecule has 0 spiro atoms. The van der Waals surface area contributed by atoms with Crippen LogP contribution in [0.2, 0.25) is 0 Å². The molecule has 1 aliphatic rings. The molecule has 0 radical (unpaired) electrons. The number of benzene rings is 2. The van der Waals surface area contributed by atoms with E-state index < -0.39 is 11.9 Å². The number of carbonyl (C=O) groups excluding carboxylic acids is 1. The first-order chi connectivity index (χ1) is 13.5. The van der Waals surface area contributed by atoms with Crippen LogP contribution in [0.5, 0.6) is 0 Å². The first-order valence-electron chi connectivity index (χ1n) is 8.46. The summed E-state index contributed by atoms with van der Waals surface area (Å²) in [5.74, 6) is -1.70. The summed E-state index contributed by atoms with van der Waals surface area (Å²) in [6, 6.07) is 13.2. The molecule has 2 heterocycles. The Hall–Kier alpha value is -4.12. The second kappa shape index (κ2) is 6.55. The molecule has 0 saturated carbocycles. The van der Waals surface area contributed by atoms with E-state index in [0.717, 1.165) is 16.5 Å². The fourth-order valence-electron chi connectivity index (χ4n) is 3.52. The maximum absolute atomic E-state index is 12.9. The number of hydrogen-bond donors (Lipinski definition) is 3. The van der Waals surface area contributed by atoms with E-state index in [2.05, 4.69) is 10.5 Å². The fourth-order valence-corrected chi connectivity index (χ4v) is 3.52. The van der Waals surface area contributed by atoms with E-state index in [1.807, 2.05) is 28.8 Å². The van der Waals surface area contributed by atoms with Gasteiger partial charge < -0.3 is 20.2 Å². The molecule has 0 bridgehead atoms. The molecule has 4 rings (SSSR count). The highest BCUT2D eigenvalue weighted by Crippen LogP contribution is 2.30. The molecule has 0 saturated heterocycles. The maximum Gasteiger partial charge on any atom is 0.337 e. The predicted molar refractivity (Wildman–Crippen MR) is 101 cm³/mol. The first-order valence-corrected chi connectivity index (χ1v) is 8.46. The molecular weight excluding hydrogens is 360 g/mol. The molecule has 1 aromatic heterocycles. The number of aryl methyl sites for hydroxylation is 1. The maximum atomic E-state index is 12.9. The Bertz CT molecular complexity index is 1220. The van der Waals surface area contributed by atoms with Crippen molar-refractivity contribution in [2.45, 2.75) is 13.0 Å². The molecular formula is C20H14N4O4. The van der Waals surface area contributed by atoms with Crippen LogP contribution in [0.15, 0.2) is 47.6 Å². The normalized spacial score (nSPS) is 14.0. The average Bonchev–Trinajstić information content (AvgIpc) is 3.09. The van der Waals surface area contributed by atoms with Crippen LogP contribution >= 0.6 is 0 Å². The number of para-hydroxylation sites is 1. The average molecular weight is 374 g/mol. The van der Waals surface area contributed by atoms with Crippen molar-refractivity contribution >= 4 is 34.2 Å². The number of carboxylic acids is 1. The van der Waals surface area contributed by atoms with Crippen LogP contribution in [0.25, 0.3) is 10.9 Å². The quantitative estimate of drug-likeness (QED) is 0.479. The molecule has 0 aliphatic carbocycles. The highest BCUT2D eigenvalue weighted by Gasteiger charge is 2.24. The van der Waals surface area contributed by atoms with Gasteiger partial charge in [0, 0.05) is 23.9 Å². The van der Waals surface area contributed by atoms with Crippen molar-refractivity contribution in [2.24, 2.45) is 5.16 Å². The predicted octanol–water partition coefficient (Wildman–Crippen LogP) is 3.05. The highest BCUT2D eigenvalue weighted by molar-refractivity contribution is 6.15. The number of anilines is 1. The summed E-state index contributed by atoms with van der Waals surface area (Å²) >= 11 is 0. The summed E-state index contributed by atoms with van der Waals surface area (Å²) in [6.45, 7) is 0.460. The molecule has 0 fully saturated rings.